The molecule has 0 aliphatic heterocycles. The van der Waals surface area contributed by atoms with E-state index in [1.54, 1.807) is 48.5 Å². The Morgan fingerprint density at radius 1 is 0.941 bits per heavy atom. The molecule has 0 fully saturated rings. The van der Waals surface area contributed by atoms with E-state index >= 15 is 0 Å². The molecule has 0 unspecified atom stereocenters. The van der Waals surface area contributed by atoms with E-state index in [0.717, 1.165) is 4.31 Å². The van der Waals surface area contributed by atoms with E-state index in [-0.39, 0.29) is 23.7 Å². The lowest BCUT2D eigenvalue weighted by Crippen LogP contribution is -2.26. The largest absolute Gasteiger partial charge is 0.497 e. The van der Waals surface area contributed by atoms with Gasteiger partial charge in [-0.05, 0) is 60.2 Å². The molecule has 2 N–H and O–H groups in total. The van der Waals surface area contributed by atoms with Crippen LogP contribution in [0, 0.1) is 0 Å². The number of nitrogens with two attached hydrogens (primary N) is 1. The average Bonchev–Trinajstić information content (AvgIpc) is 2.86. The van der Waals surface area contributed by atoms with E-state index in [2.05, 4.69) is 0 Å². The predicted octanol–water partition coefficient (Wildman–Crippen LogP) is 2.74. The van der Waals surface area contributed by atoms with Crippen molar-refractivity contribution >= 4 is 27.6 Å². The zero-order chi connectivity index (χ0) is 24.7. The lowest BCUT2D eigenvalue weighted by Gasteiger charge is -2.20. The minimum Gasteiger partial charge on any atom is -0.497 e. The summed E-state index contributed by atoms with van der Waals surface area (Å²) in [5.74, 6) is -0.289. The molecule has 0 radical (unpaired) electrons. The van der Waals surface area contributed by atoms with Gasteiger partial charge in [-0.15, -0.1) is 0 Å². The fourth-order valence-corrected chi connectivity index (χ4v) is 4.23. The Morgan fingerprint density at radius 2 is 1.65 bits per heavy atom. The smallest absolute Gasteiger partial charge is 0.338 e. The third kappa shape index (κ3) is 6.04. The second-order valence-electron chi connectivity index (χ2n) is 7.18. The van der Waals surface area contributed by atoms with Crippen LogP contribution in [0.1, 0.15) is 15.9 Å². The van der Waals surface area contributed by atoms with Crippen molar-refractivity contribution < 1.29 is 32.2 Å². The number of anilines is 1. The summed E-state index contributed by atoms with van der Waals surface area (Å²) < 4.78 is 42.9. The molecular weight excluding hydrogens is 460 g/mol. The molecule has 0 aliphatic carbocycles. The predicted molar refractivity (Wildman–Crippen MR) is 125 cm³/mol. The molecule has 3 aromatic carbocycles. The molecule has 3 rings (SSSR count). The average molecular weight is 485 g/mol. The maximum atomic E-state index is 13.1. The van der Waals surface area contributed by atoms with Crippen LogP contribution < -0.4 is 19.5 Å². The maximum absolute atomic E-state index is 13.1. The van der Waals surface area contributed by atoms with Gasteiger partial charge in [0.25, 0.3) is 15.9 Å². The summed E-state index contributed by atoms with van der Waals surface area (Å²) in [7, 11) is -0.975. The monoisotopic (exact) mass is 484 g/mol. The van der Waals surface area contributed by atoms with Crippen LogP contribution in [-0.2, 0) is 26.2 Å². The van der Waals surface area contributed by atoms with Gasteiger partial charge in [-0.1, -0.05) is 18.2 Å². The fraction of sp³-hybridized carbons (Fsp3) is 0.167. The first-order valence-electron chi connectivity index (χ1n) is 10.1. The molecule has 3 aromatic rings. The minimum atomic E-state index is -3.92. The van der Waals surface area contributed by atoms with Crippen LogP contribution in [-0.4, -0.2) is 41.1 Å². The number of sulfonamides is 1. The fourth-order valence-electron chi connectivity index (χ4n) is 2.98. The molecule has 0 heterocycles. The number of hydrogen-bond acceptors (Lipinski definition) is 7. The summed E-state index contributed by atoms with van der Waals surface area (Å²) in [5.41, 5.74) is 6.21. The summed E-state index contributed by atoms with van der Waals surface area (Å²) in [4.78, 5) is 23.4. The van der Waals surface area contributed by atoms with E-state index < -0.39 is 21.9 Å². The van der Waals surface area contributed by atoms with E-state index in [9.17, 15) is 18.0 Å². The highest BCUT2D eigenvalue weighted by molar-refractivity contribution is 7.92. The number of primary amides is 1. The molecule has 1 amide bonds. The number of esters is 1. The highest BCUT2D eigenvalue weighted by atomic mass is 32.2. The van der Waals surface area contributed by atoms with Gasteiger partial charge in [-0.25, -0.2) is 13.2 Å². The minimum absolute atomic E-state index is 0.0536. The molecule has 0 saturated heterocycles. The van der Waals surface area contributed by atoms with Crippen LogP contribution in [0.4, 0.5) is 5.69 Å². The topological polar surface area (TPSA) is 125 Å². The van der Waals surface area contributed by atoms with Gasteiger partial charge in [0.15, 0.2) is 6.61 Å². The van der Waals surface area contributed by atoms with E-state index in [1.807, 2.05) is 0 Å². The number of carbonyl (C=O) groups is 2. The molecule has 178 valence electrons. The Morgan fingerprint density at radius 3 is 2.32 bits per heavy atom. The van der Waals surface area contributed by atoms with Crippen LogP contribution in [0.3, 0.4) is 0 Å². The molecule has 10 heteroatoms. The first kappa shape index (κ1) is 24.6. The van der Waals surface area contributed by atoms with Gasteiger partial charge >= 0.3 is 5.97 Å². The molecule has 0 aromatic heterocycles. The Bertz CT molecular complexity index is 1270. The van der Waals surface area contributed by atoms with Crippen LogP contribution >= 0.6 is 0 Å². The van der Waals surface area contributed by atoms with Gasteiger partial charge in [0.1, 0.15) is 18.1 Å². The van der Waals surface area contributed by atoms with Crippen molar-refractivity contribution in [1.82, 2.24) is 0 Å². The first-order chi connectivity index (χ1) is 16.2. The highest BCUT2D eigenvalue weighted by Crippen LogP contribution is 2.25. The van der Waals surface area contributed by atoms with Crippen molar-refractivity contribution in [2.24, 2.45) is 5.73 Å². The van der Waals surface area contributed by atoms with Crippen molar-refractivity contribution in [3.63, 3.8) is 0 Å². The number of amides is 1. The van der Waals surface area contributed by atoms with Gasteiger partial charge in [0.2, 0.25) is 0 Å². The van der Waals surface area contributed by atoms with Gasteiger partial charge in [-0.3, -0.25) is 9.10 Å². The van der Waals surface area contributed by atoms with Crippen LogP contribution in [0.25, 0.3) is 0 Å². The maximum Gasteiger partial charge on any atom is 0.338 e. The molecule has 0 atom stereocenters. The summed E-state index contributed by atoms with van der Waals surface area (Å²) in [5, 5.41) is 0. The zero-order valence-corrected chi connectivity index (χ0v) is 19.4. The number of ether oxygens (including phenoxy) is 3. The van der Waals surface area contributed by atoms with Crippen molar-refractivity contribution in [1.29, 1.82) is 0 Å². The van der Waals surface area contributed by atoms with Crippen molar-refractivity contribution in [3.05, 3.63) is 83.9 Å². The van der Waals surface area contributed by atoms with Gasteiger partial charge in [0.05, 0.1) is 23.3 Å². The quantitative estimate of drug-likeness (QED) is 0.439. The number of methoxy groups -OCH3 is 1. The SMILES string of the molecule is COc1ccc(N(C)S(=O)(=O)c2cccc(C(=O)OCc3cccc(OCC(N)=O)c3)c2)cc1. The van der Waals surface area contributed by atoms with Crippen molar-refractivity contribution in [2.45, 2.75) is 11.5 Å². The molecule has 0 bridgehead atoms. The van der Waals surface area contributed by atoms with E-state index in [1.165, 1.54) is 38.4 Å². The Kier molecular flexibility index (Phi) is 7.75. The number of nitrogens with zero attached hydrogens (tertiary/aromatic N) is 1. The van der Waals surface area contributed by atoms with Gasteiger partial charge in [-0.2, -0.15) is 0 Å². The number of rotatable bonds is 10. The second kappa shape index (κ2) is 10.7. The van der Waals surface area contributed by atoms with Gasteiger partial charge in [0, 0.05) is 7.05 Å². The second-order valence-corrected chi connectivity index (χ2v) is 9.15. The number of benzene rings is 3. The summed E-state index contributed by atoms with van der Waals surface area (Å²) in [6.45, 7) is -0.342. The molecular formula is C24H24N2O7S. The standard InChI is InChI=1S/C24H24N2O7S/c1-26(19-9-11-20(31-2)12-10-19)34(29,30)22-8-4-6-18(14-22)24(28)33-15-17-5-3-7-21(13-17)32-16-23(25)27/h3-14H,15-16H2,1-2H3,(H2,25,27). The number of carbonyl (C=O) groups excluding carboxylic acids is 2. The van der Waals surface area contributed by atoms with E-state index in [4.69, 9.17) is 19.9 Å². The molecule has 0 saturated carbocycles. The summed E-state index contributed by atoms with van der Waals surface area (Å²) in [6, 6.07) is 18.8. The normalized spacial score (nSPS) is 10.9. The molecule has 0 spiro atoms. The van der Waals surface area contributed by atoms with Crippen LogP contribution in [0.15, 0.2) is 77.7 Å². The lowest BCUT2D eigenvalue weighted by atomic mass is 10.2. The third-order valence-electron chi connectivity index (χ3n) is 4.81. The first-order valence-corrected chi connectivity index (χ1v) is 11.5. The third-order valence-corrected chi connectivity index (χ3v) is 6.60. The van der Waals surface area contributed by atoms with Crippen LogP contribution in [0.5, 0.6) is 11.5 Å². The Balaban J connectivity index is 1.71. The molecule has 0 aliphatic rings. The molecule has 9 nitrogen and oxygen atoms in total. The summed E-state index contributed by atoms with van der Waals surface area (Å²) >= 11 is 0. The summed E-state index contributed by atoms with van der Waals surface area (Å²) in [6.07, 6.45) is 0. The molecule has 34 heavy (non-hydrogen) atoms. The van der Waals surface area contributed by atoms with Crippen LogP contribution in [0.2, 0.25) is 0 Å². The van der Waals surface area contributed by atoms with Crippen molar-refractivity contribution in [2.75, 3.05) is 25.1 Å². The van der Waals surface area contributed by atoms with Crippen molar-refractivity contribution in [3.8, 4) is 11.5 Å². The number of hydrogen-bond donors (Lipinski definition) is 1. The Hall–Kier alpha value is -4.05. The lowest BCUT2D eigenvalue weighted by molar-refractivity contribution is -0.119. The van der Waals surface area contributed by atoms with Gasteiger partial charge < -0.3 is 19.9 Å². The Labute approximate surface area is 197 Å². The van der Waals surface area contributed by atoms with E-state index in [0.29, 0.717) is 22.7 Å². The highest BCUT2D eigenvalue weighted by Gasteiger charge is 2.23. The zero-order valence-electron chi connectivity index (χ0n) is 18.6.